The molecular weight excluding hydrogens is 254 g/mol. The molecule has 1 heterocycles. The zero-order chi connectivity index (χ0) is 15.1. The van der Waals surface area contributed by atoms with Gasteiger partial charge in [-0.3, -0.25) is 4.79 Å². The summed E-state index contributed by atoms with van der Waals surface area (Å²) in [5.74, 6) is 1.76. The Hall–Kier alpha value is -1.85. The largest absolute Gasteiger partial charge is 0.373 e. The van der Waals surface area contributed by atoms with Crippen LogP contribution in [0.3, 0.4) is 0 Å². The molecule has 0 aliphatic carbocycles. The van der Waals surface area contributed by atoms with E-state index < -0.39 is 0 Å². The molecule has 20 heavy (non-hydrogen) atoms. The van der Waals surface area contributed by atoms with Crippen LogP contribution >= 0.6 is 0 Å². The Kier molecular flexibility index (Phi) is 6.21. The van der Waals surface area contributed by atoms with E-state index in [0.717, 1.165) is 36.6 Å². The molecule has 0 spiro atoms. The molecule has 0 bridgehead atoms. The number of nitrogens with one attached hydrogen (secondary N) is 1. The van der Waals surface area contributed by atoms with Gasteiger partial charge in [-0.1, -0.05) is 13.3 Å². The molecule has 1 amide bonds. The Morgan fingerprint density at radius 2 is 2.00 bits per heavy atom. The van der Waals surface area contributed by atoms with Crippen LogP contribution < -0.4 is 10.2 Å². The summed E-state index contributed by atoms with van der Waals surface area (Å²) in [6, 6.07) is 0. The first-order valence-electron chi connectivity index (χ1n) is 7.01. The van der Waals surface area contributed by atoms with E-state index in [2.05, 4.69) is 22.2 Å². The molecule has 1 rings (SSSR count). The van der Waals surface area contributed by atoms with E-state index in [9.17, 15) is 4.79 Å². The summed E-state index contributed by atoms with van der Waals surface area (Å²) in [5.41, 5.74) is 1.07. The van der Waals surface area contributed by atoms with Crippen molar-refractivity contribution in [3.8, 4) is 0 Å². The van der Waals surface area contributed by atoms with Crippen LogP contribution in [0.15, 0.2) is 6.33 Å². The van der Waals surface area contributed by atoms with Crippen LogP contribution in [0.4, 0.5) is 11.6 Å². The summed E-state index contributed by atoms with van der Waals surface area (Å²) in [4.78, 5) is 24.2. The highest BCUT2D eigenvalue weighted by atomic mass is 16.2. The fourth-order valence-corrected chi connectivity index (χ4v) is 2.01. The Morgan fingerprint density at radius 3 is 2.50 bits per heavy atom. The fraction of sp³-hybridized carbons (Fsp3) is 0.643. The van der Waals surface area contributed by atoms with Crippen LogP contribution in [0.5, 0.6) is 0 Å². The van der Waals surface area contributed by atoms with Crippen molar-refractivity contribution < 1.29 is 4.79 Å². The topological polar surface area (TPSA) is 61.4 Å². The second-order valence-corrected chi connectivity index (χ2v) is 4.83. The summed E-state index contributed by atoms with van der Waals surface area (Å²) >= 11 is 0. The van der Waals surface area contributed by atoms with Crippen molar-refractivity contribution in [3.63, 3.8) is 0 Å². The molecule has 1 aromatic heterocycles. The minimum Gasteiger partial charge on any atom is -0.373 e. The van der Waals surface area contributed by atoms with Crippen LogP contribution in [0.1, 0.15) is 25.8 Å². The van der Waals surface area contributed by atoms with Gasteiger partial charge in [-0.2, -0.15) is 0 Å². The molecule has 1 aromatic rings. The first-order valence-corrected chi connectivity index (χ1v) is 7.01. The average Bonchev–Trinajstić information content (AvgIpc) is 2.45. The molecule has 112 valence electrons. The monoisotopic (exact) mass is 279 g/mol. The van der Waals surface area contributed by atoms with Gasteiger partial charge in [0.1, 0.15) is 18.0 Å². The maximum absolute atomic E-state index is 11.9. The third kappa shape index (κ3) is 3.82. The highest BCUT2D eigenvalue weighted by molar-refractivity contribution is 5.81. The molecule has 0 saturated carbocycles. The van der Waals surface area contributed by atoms with Gasteiger partial charge in [-0.15, -0.1) is 0 Å². The third-order valence-corrected chi connectivity index (χ3v) is 3.17. The number of likely N-dealkylation sites (N-methyl/N-ethyl adjacent to an activating group) is 2. The standard InChI is InChI=1S/C14H25N5O/c1-6-8-11-13(15-3)16-10-17-14(11)19(7-2)9-12(20)18(4)5/h10H,6-9H2,1-5H3,(H,15,16,17). The molecule has 6 heteroatoms. The van der Waals surface area contributed by atoms with E-state index in [-0.39, 0.29) is 5.91 Å². The van der Waals surface area contributed by atoms with Gasteiger partial charge < -0.3 is 15.1 Å². The summed E-state index contributed by atoms with van der Waals surface area (Å²) in [6.07, 6.45) is 3.44. The van der Waals surface area contributed by atoms with E-state index in [0.29, 0.717) is 6.54 Å². The molecule has 0 aliphatic rings. The minimum absolute atomic E-state index is 0.0684. The molecule has 0 saturated heterocycles. The van der Waals surface area contributed by atoms with Crippen molar-refractivity contribution in [2.45, 2.75) is 26.7 Å². The van der Waals surface area contributed by atoms with Gasteiger partial charge >= 0.3 is 0 Å². The number of carbonyl (C=O) groups excluding carboxylic acids is 1. The highest BCUT2D eigenvalue weighted by Crippen LogP contribution is 2.24. The second kappa shape index (κ2) is 7.67. The number of rotatable bonds is 7. The summed E-state index contributed by atoms with van der Waals surface area (Å²) in [6.45, 7) is 5.22. The van der Waals surface area contributed by atoms with Gasteiger partial charge in [0.2, 0.25) is 5.91 Å². The second-order valence-electron chi connectivity index (χ2n) is 4.83. The van der Waals surface area contributed by atoms with Gasteiger partial charge in [0, 0.05) is 33.3 Å². The number of hydrogen-bond donors (Lipinski definition) is 1. The van der Waals surface area contributed by atoms with Gasteiger partial charge in [0.05, 0.1) is 6.54 Å². The molecule has 0 atom stereocenters. The quantitative estimate of drug-likeness (QED) is 0.817. The van der Waals surface area contributed by atoms with Crippen molar-refractivity contribution in [2.75, 3.05) is 44.4 Å². The van der Waals surface area contributed by atoms with E-state index in [4.69, 9.17) is 0 Å². The van der Waals surface area contributed by atoms with E-state index >= 15 is 0 Å². The maximum atomic E-state index is 11.9. The van der Waals surface area contributed by atoms with Crippen LogP contribution in [0, 0.1) is 0 Å². The summed E-state index contributed by atoms with van der Waals surface area (Å²) < 4.78 is 0. The number of aromatic nitrogens is 2. The SMILES string of the molecule is CCCc1c(NC)ncnc1N(CC)CC(=O)N(C)C. The van der Waals surface area contributed by atoms with Crippen molar-refractivity contribution in [2.24, 2.45) is 0 Å². The lowest BCUT2D eigenvalue weighted by atomic mass is 10.1. The van der Waals surface area contributed by atoms with Crippen LogP contribution in [0.2, 0.25) is 0 Å². The van der Waals surface area contributed by atoms with Crippen LogP contribution in [-0.2, 0) is 11.2 Å². The van der Waals surface area contributed by atoms with Crippen LogP contribution in [0.25, 0.3) is 0 Å². The number of amides is 1. The Labute approximate surface area is 121 Å². The van der Waals surface area contributed by atoms with Gasteiger partial charge in [-0.05, 0) is 13.3 Å². The molecule has 0 radical (unpaired) electrons. The fourth-order valence-electron chi connectivity index (χ4n) is 2.01. The average molecular weight is 279 g/mol. The van der Waals surface area contributed by atoms with Crippen molar-refractivity contribution in [3.05, 3.63) is 11.9 Å². The lowest BCUT2D eigenvalue weighted by Crippen LogP contribution is -2.37. The van der Waals surface area contributed by atoms with E-state index in [1.807, 2.05) is 18.9 Å². The summed E-state index contributed by atoms with van der Waals surface area (Å²) in [7, 11) is 5.39. The minimum atomic E-state index is 0.0684. The zero-order valence-corrected chi connectivity index (χ0v) is 13.1. The predicted molar refractivity (Wildman–Crippen MR) is 82.2 cm³/mol. The molecule has 6 nitrogen and oxygen atoms in total. The lowest BCUT2D eigenvalue weighted by Gasteiger charge is -2.26. The Balaban J connectivity index is 3.10. The van der Waals surface area contributed by atoms with E-state index in [1.165, 1.54) is 0 Å². The number of hydrogen-bond acceptors (Lipinski definition) is 5. The normalized spacial score (nSPS) is 10.2. The number of anilines is 2. The van der Waals surface area contributed by atoms with Crippen molar-refractivity contribution in [1.29, 1.82) is 0 Å². The molecular formula is C14H25N5O. The molecule has 0 aliphatic heterocycles. The predicted octanol–water partition coefficient (Wildman–Crippen LogP) is 1.39. The van der Waals surface area contributed by atoms with Crippen molar-refractivity contribution >= 4 is 17.5 Å². The number of nitrogens with zero attached hydrogens (tertiary/aromatic N) is 4. The zero-order valence-electron chi connectivity index (χ0n) is 13.1. The maximum Gasteiger partial charge on any atom is 0.241 e. The Bertz CT molecular complexity index is 447. The molecule has 1 N–H and O–H groups in total. The van der Waals surface area contributed by atoms with Crippen LogP contribution in [-0.4, -0.2) is 55.0 Å². The van der Waals surface area contributed by atoms with Gasteiger partial charge in [-0.25, -0.2) is 9.97 Å². The smallest absolute Gasteiger partial charge is 0.241 e. The van der Waals surface area contributed by atoms with E-state index in [1.54, 1.807) is 25.3 Å². The molecule has 0 unspecified atom stereocenters. The molecule has 0 aromatic carbocycles. The first-order chi connectivity index (χ1) is 9.54. The van der Waals surface area contributed by atoms with Crippen molar-refractivity contribution in [1.82, 2.24) is 14.9 Å². The summed E-state index contributed by atoms with van der Waals surface area (Å²) in [5, 5.41) is 3.10. The lowest BCUT2D eigenvalue weighted by molar-refractivity contribution is -0.127. The third-order valence-electron chi connectivity index (χ3n) is 3.17. The van der Waals surface area contributed by atoms with Gasteiger partial charge in [0.15, 0.2) is 0 Å². The van der Waals surface area contributed by atoms with Gasteiger partial charge in [0.25, 0.3) is 0 Å². The highest BCUT2D eigenvalue weighted by Gasteiger charge is 2.18. The number of carbonyl (C=O) groups is 1. The molecule has 0 fully saturated rings. The first kappa shape index (κ1) is 16.2. The Morgan fingerprint density at radius 1 is 1.30 bits per heavy atom.